The average Bonchev–Trinajstić information content (AvgIpc) is 3.48. The molecular formula is C24H44N3O6+. The molecule has 3 heterocycles. The minimum Gasteiger partial charge on any atom is -0.373 e. The van der Waals surface area contributed by atoms with Gasteiger partial charge in [0, 0.05) is 25.9 Å². The summed E-state index contributed by atoms with van der Waals surface area (Å²) in [6.07, 6.45) is 3.44. The summed E-state index contributed by atoms with van der Waals surface area (Å²) in [5.74, 6) is 0. The van der Waals surface area contributed by atoms with E-state index < -0.39 is 35.0 Å². The predicted molar refractivity (Wildman–Crippen MR) is 125 cm³/mol. The van der Waals surface area contributed by atoms with Crippen LogP contribution >= 0.6 is 0 Å². The first-order valence-corrected chi connectivity index (χ1v) is 12.1. The lowest BCUT2D eigenvalue weighted by Crippen LogP contribution is -3.15. The summed E-state index contributed by atoms with van der Waals surface area (Å²) in [5.41, 5.74) is -4.46. The van der Waals surface area contributed by atoms with Crippen molar-refractivity contribution in [1.29, 1.82) is 0 Å². The first-order chi connectivity index (χ1) is 15.5. The zero-order valence-electron chi connectivity index (χ0n) is 20.8. The minimum absolute atomic E-state index is 0.0875. The number of rotatable bonds is 11. The fourth-order valence-corrected chi connectivity index (χ4v) is 5.63. The fourth-order valence-electron chi connectivity index (χ4n) is 5.63. The van der Waals surface area contributed by atoms with Crippen LogP contribution in [0.5, 0.6) is 0 Å². The van der Waals surface area contributed by atoms with Crippen molar-refractivity contribution in [3.05, 3.63) is 25.3 Å². The van der Waals surface area contributed by atoms with Crippen molar-refractivity contribution < 1.29 is 34.4 Å². The molecule has 6 atom stereocenters. The van der Waals surface area contributed by atoms with Gasteiger partial charge in [-0.2, -0.15) is 0 Å². The maximum Gasteiger partial charge on any atom is 0.225 e. The van der Waals surface area contributed by atoms with Crippen LogP contribution in [-0.4, -0.2) is 120 Å². The van der Waals surface area contributed by atoms with Crippen LogP contribution in [0, 0.1) is 0 Å². The number of hydrogen-bond acceptors (Lipinski definition) is 8. The zero-order chi connectivity index (χ0) is 24.5. The zero-order valence-corrected chi connectivity index (χ0v) is 20.8. The second-order valence-electron chi connectivity index (χ2n) is 10.1. The third-order valence-electron chi connectivity index (χ3n) is 7.87. The molecule has 0 aromatic carbocycles. The van der Waals surface area contributed by atoms with Gasteiger partial charge in [-0.3, -0.25) is 9.80 Å². The van der Waals surface area contributed by atoms with Crippen LogP contribution in [-0.2, 0) is 14.2 Å². The van der Waals surface area contributed by atoms with Crippen molar-refractivity contribution >= 4 is 0 Å². The molecular weight excluding hydrogens is 426 g/mol. The Kier molecular flexibility index (Phi) is 8.10. The number of nitrogens with one attached hydrogen (secondary N) is 1. The smallest absolute Gasteiger partial charge is 0.225 e. The van der Waals surface area contributed by atoms with E-state index in [-0.39, 0.29) is 26.2 Å². The molecule has 0 aromatic heterocycles. The summed E-state index contributed by atoms with van der Waals surface area (Å²) in [7, 11) is 3.79. The van der Waals surface area contributed by atoms with Gasteiger partial charge in [0.05, 0.1) is 45.9 Å². The van der Waals surface area contributed by atoms with E-state index in [2.05, 4.69) is 13.2 Å². The van der Waals surface area contributed by atoms with Crippen molar-refractivity contribution in [2.45, 2.75) is 68.1 Å². The van der Waals surface area contributed by atoms with Crippen molar-refractivity contribution in [2.24, 2.45) is 0 Å². The Morgan fingerprint density at radius 1 is 0.879 bits per heavy atom. The van der Waals surface area contributed by atoms with E-state index in [0.717, 1.165) is 4.90 Å². The predicted octanol–water partition coefficient (Wildman–Crippen LogP) is -1.05. The van der Waals surface area contributed by atoms with Crippen LogP contribution in [0.25, 0.3) is 0 Å². The Hall–Kier alpha value is -0.880. The van der Waals surface area contributed by atoms with Crippen LogP contribution < -0.4 is 4.90 Å². The van der Waals surface area contributed by atoms with Gasteiger partial charge in [0.25, 0.3) is 0 Å². The van der Waals surface area contributed by atoms with Crippen LogP contribution in [0.15, 0.2) is 25.3 Å². The largest absolute Gasteiger partial charge is 0.373 e. The Balaban J connectivity index is 1.93. The van der Waals surface area contributed by atoms with E-state index in [1.54, 1.807) is 12.2 Å². The second-order valence-corrected chi connectivity index (χ2v) is 10.1. The van der Waals surface area contributed by atoms with Crippen LogP contribution in [0.2, 0.25) is 0 Å². The van der Waals surface area contributed by atoms with E-state index in [0.29, 0.717) is 39.0 Å². The molecule has 3 rings (SSSR count). The van der Waals surface area contributed by atoms with E-state index in [1.165, 1.54) is 0 Å². The molecule has 0 amide bonds. The first-order valence-electron chi connectivity index (χ1n) is 12.1. The summed E-state index contributed by atoms with van der Waals surface area (Å²) in [4.78, 5) is 4.74. The highest BCUT2D eigenvalue weighted by molar-refractivity contribution is 5.12. The number of ether oxygens (including phenoxy) is 3. The number of nitrogens with zero attached hydrogens (tertiary/aromatic N) is 2. The van der Waals surface area contributed by atoms with E-state index >= 15 is 0 Å². The van der Waals surface area contributed by atoms with Gasteiger partial charge in [0.15, 0.2) is 0 Å². The van der Waals surface area contributed by atoms with Crippen molar-refractivity contribution in [3.63, 3.8) is 0 Å². The molecule has 6 unspecified atom stereocenters. The molecule has 3 aliphatic heterocycles. The topological polar surface area (TPSA) is 99.3 Å². The molecule has 0 aliphatic carbocycles. The van der Waals surface area contributed by atoms with Gasteiger partial charge < -0.3 is 34.4 Å². The van der Waals surface area contributed by atoms with E-state index in [9.17, 15) is 15.3 Å². The average molecular weight is 471 g/mol. The summed E-state index contributed by atoms with van der Waals surface area (Å²) in [6.45, 7) is 14.3. The lowest BCUT2D eigenvalue weighted by molar-refractivity contribution is -0.941. The number of quaternary nitrogens is 1. The molecule has 9 nitrogen and oxygen atoms in total. The maximum atomic E-state index is 11.6. The molecule has 4 N–H and O–H groups in total. The van der Waals surface area contributed by atoms with Crippen molar-refractivity contribution in [2.75, 3.05) is 60.1 Å². The van der Waals surface area contributed by atoms with E-state index in [4.69, 9.17) is 14.2 Å². The monoisotopic (exact) mass is 470 g/mol. The summed E-state index contributed by atoms with van der Waals surface area (Å²) >= 11 is 0. The molecule has 0 aromatic rings. The Morgan fingerprint density at radius 3 is 1.94 bits per heavy atom. The molecule has 0 saturated carbocycles. The first kappa shape index (κ1) is 26.7. The van der Waals surface area contributed by atoms with Crippen molar-refractivity contribution in [1.82, 2.24) is 9.80 Å². The van der Waals surface area contributed by atoms with Crippen LogP contribution in [0.4, 0.5) is 0 Å². The van der Waals surface area contributed by atoms with Gasteiger partial charge in [0.2, 0.25) is 5.72 Å². The standard InChI is InChI=1S/C24H43N3O6/c1-7-11-26(9-3)22(29)14-20(32-17-22)24(19-13-21(28,16-31-19)25(5)6)15-23(30,18-33-24)27(10-4)12-8-2/h7-8,19-20,28-30H,1-2,9-18H2,3-6H3/p+1. The summed E-state index contributed by atoms with van der Waals surface area (Å²) < 4.78 is 18.8. The van der Waals surface area contributed by atoms with E-state index in [1.807, 2.05) is 37.7 Å². The molecule has 3 aliphatic rings. The fraction of sp³-hybridized carbons (Fsp3) is 0.833. The highest BCUT2D eigenvalue weighted by Gasteiger charge is 2.66. The van der Waals surface area contributed by atoms with Crippen molar-refractivity contribution in [3.8, 4) is 0 Å². The minimum atomic E-state index is -1.23. The Labute approximate surface area is 198 Å². The van der Waals surface area contributed by atoms with Gasteiger partial charge in [-0.1, -0.05) is 26.0 Å². The normalized spacial score (nSPS) is 41.5. The Morgan fingerprint density at radius 2 is 1.42 bits per heavy atom. The van der Waals surface area contributed by atoms with Crippen LogP contribution in [0.3, 0.4) is 0 Å². The van der Waals surface area contributed by atoms with Gasteiger partial charge in [-0.05, 0) is 13.1 Å². The molecule has 190 valence electrons. The van der Waals surface area contributed by atoms with Gasteiger partial charge in [-0.25, -0.2) is 0 Å². The summed E-state index contributed by atoms with van der Waals surface area (Å²) in [5, 5.41) is 34.2. The maximum absolute atomic E-state index is 11.6. The third kappa shape index (κ3) is 4.80. The van der Waals surface area contributed by atoms with Gasteiger partial charge in [0.1, 0.15) is 23.7 Å². The number of hydrogen-bond donors (Lipinski definition) is 4. The molecule has 9 heteroatoms. The highest BCUT2D eigenvalue weighted by atomic mass is 16.6. The van der Waals surface area contributed by atoms with Gasteiger partial charge >= 0.3 is 0 Å². The Bertz CT molecular complexity index is 710. The van der Waals surface area contributed by atoms with Gasteiger partial charge in [-0.15, -0.1) is 13.2 Å². The van der Waals surface area contributed by atoms with Crippen LogP contribution in [0.1, 0.15) is 33.1 Å². The molecule has 3 fully saturated rings. The number of aliphatic hydroxyl groups is 3. The lowest BCUT2D eigenvalue weighted by Gasteiger charge is -2.41. The molecule has 33 heavy (non-hydrogen) atoms. The molecule has 0 spiro atoms. The second kappa shape index (κ2) is 10.0. The molecule has 3 saturated heterocycles. The highest BCUT2D eigenvalue weighted by Crippen LogP contribution is 2.49. The quantitative estimate of drug-likeness (QED) is 0.224. The third-order valence-corrected chi connectivity index (χ3v) is 7.87. The lowest BCUT2D eigenvalue weighted by atomic mass is 9.80. The number of likely N-dealkylation sites (N-methyl/N-ethyl adjacent to an activating group) is 3. The SMILES string of the molecule is C=CCN(CC)C1(O)COC(C2(C3CC(O)([NH+](C)C)CO3)CC(O)(N(CC)CC=C)CO2)C1. The molecule has 0 radical (unpaired) electrons. The summed E-state index contributed by atoms with van der Waals surface area (Å²) in [6, 6.07) is 0. The molecule has 0 bridgehead atoms.